The molecule has 3 nitrogen and oxygen atoms in total. The molecule has 5 heteroatoms. The second kappa shape index (κ2) is 10.3. The van der Waals surface area contributed by atoms with E-state index in [2.05, 4.69) is 4.90 Å². The van der Waals surface area contributed by atoms with E-state index in [-0.39, 0.29) is 17.5 Å². The predicted octanol–water partition coefficient (Wildman–Crippen LogP) is 4.76. The Morgan fingerprint density at radius 1 is 0.679 bits per heavy atom. The van der Waals surface area contributed by atoms with Gasteiger partial charge in [-0.3, -0.25) is 9.69 Å². The third-order valence-electron chi connectivity index (χ3n) is 5.23. The lowest BCUT2D eigenvalue weighted by Gasteiger charge is -2.25. The Morgan fingerprint density at radius 3 is 1.89 bits per heavy atom. The van der Waals surface area contributed by atoms with E-state index in [0.717, 1.165) is 56.4 Å². The van der Waals surface area contributed by atoms with Gasteiger partial charge < -0.3 is 4.90 Å². The van der Waals surface area contributed by atoms with Gasteiger partial charge in [0, 0.05) is 32.6 Å². The number of hydrogen-bond acceptors (Lipinski definition) is 2. The summed E-state index contributed by atoms with van der Waals surface area (Å²) in [5.41, 5.74) is 2.06. The van der Waals surface area contributed by atoms with Crippen LogP contribution in [0.4, 0.5) is 8.78 Å². The summed E-state index contributed by atoms with van der Waals surface area (Å²) in [6.45, 7) is 3.90. The van der Waals surface area contributed by atoms with Crippen LogP contribution in [0.15, 0.2) is 48.5 Å². The maximum absolute atomic E-state index is 13.1. The molecule has 1 saturated heterocycles. The molecule has 0 saturated carbocycles. The number of carbonyl (C=O) groups excluding carboxylic acids is 1. The average molecular weight is 386 g/mol. The van der Waals surface area contributed by atoms with Crippen molar-refractivity contribution in [2.45, 2.75) is 45.2 Å². The molecule has 2 aromatic rings. The first-order valence-electron chi connectivity index (χ1n) is 10.1. The number of halogens is 2. The van der Waals surface area contributed by atoms with E-state index in [1.54, 1.807) is 12.1 Å². The first-order chi connectivity index (χ1) is 13.6. The smallest absolute Gasteiger partial charge is 0.222 e. The molecule has 1 heterocycles. The molecule has 0 radical (unpaired) electrons. The van der Waals surface area contributed by atoms with Crippen LogP contribution in [0, 0.1) is 11.6 Å². The normalized spacial score (nSPS) is 17.4. The molecule has 150 valence electrons. The zero-order valence-corrected chi connectivity index (χ0v) is 16.2. The molecular formula is C23H28F2N2O. The molecule has 0 unspecified atom stereocenters. The molecule has 3 rings (SSSR count). The minimum atomic E-state index is -0.260. The van der Waals surface area contributed by atoms with Crippen LogP contribution in [0.25, 0.3) is 0 Å². The van der Waals surface area contributed by atoms with Gasteiger partial charge in [0.1, 0.15) is 11.6 Å². The van der Waals surface area contributed by atoms with Gasteiger partial charge in [-0.1, -0.05) is 30.7 Å². The van der Waals surface area contributed by atoms with Gasteiger partial charge in [0.15, 0.2) is 0 Å². The standard InChI is InChI=1S/C23H28F2N2O/c24-21-10-6-19(7-11-21)17-26-14-3-1-2-5-23(28)27(16-4-15-26)18-20-8-12-22(25)13-9-20/h6-13H,1-5,14-18H2. The van der Waals surface area contributed by atoms with Gasteiger partial charge in [-0.25, -0.2) is 8.78 Å². The zero-order valence-electron chi connectivity index (χ0n) is 16.2. The van der Waals surface area contributed by atoms with Crippen LogP contribution < -0.4 is 0 Å². The highest BCUT2D eigenvalue weighted by Crippen LogP contribution is 2.14. The van der Waals surface area contributed by atoms with Crippen LogP contribution in [-0.4, -0.2) is 35.3 Å². The highest BCUT2D eigenvalue weighted by atomic mass is 19.1. The van der Waals surface area contributed by atoms with Crippen LogP contribution >= 0.6 is 0 Å². The van der Waals surface area contributed by atoms with E-state index in [0.29, 0.717) is 19.5 Å². The van der Waals surface area contributed by atoms with Crippen molar-refractivity contribution < 1.29 is 13.6 Å². The fourth-order valence-electron chi connectivity index (χ4n) is 3.65. The third-order valence-corrected chi connectivity index (χ3v) is 5.23. The monoisotopic (exact) mass is 386 g/mol. The number of hydrogen-bond donors (Lipinski definition) is 0. The van der Waals surface area contributed by atoms with E-state index in [4.69, 9.17) is 0 Å². The van der Waals surface area contributed by atoms with Crippen molar-refractivity contribution in [2.24, 2.45) is 0 Å². The van der Waals surface area contributed by atoms with Crippen LogP contribution in [-0.2, 0) is 17.9 Å². The first kappa shape index (κ1) is 20.5. The minimum absolute atomic E-state index is 0.177. The van der Waals surface area contributed by atoms with Crippen LogP contribution in [0.2, 0.25) is 0 Å². The Bertz CT molecular complexity index is 746. The molecule has 1 fully saturated rings. The Balaban J connectivity index is 1.61. The van der Waals surface area contributed by atoms with Crippen molar-refractivity contribution in [3.8, 4) is 0 Å². The van der Waals surface area contributed by atoms with Crippen molar-refractivity contribution in [1.29, 1.82) is 0 Å². The summed E-state index contributed by atoms with van der Waals surface area (Å²) < 4.78 is 26.3. The molecule has 1 aliphatic heterocycles. The van der Waals surface area contributed by atoms with E-state index < -0.39 is 0 Å². The number of amides is 1. The maximum atomic E-state index is 13.1. The Morgan fingerprint density at radius 2 is 1.25 bits per heavy atom. The van der Waals surface area contributed by atoms with Crippen LogP contribution in [0.3, 0.4) is 0 Å². The summed E-state index contributed by atoms with van der Waals surface area (Å²) in [4.78, 5) is 16.9. The van der Waals surface area contributed by atoms with Gasteiger partial charge in [0.25, 0.3) is 0 Å². The van der Waals surface area contributed by atoms with Crippen molar-refractivity contribution >= 4 is 5.91 Å². The summed E-state index contributed by atoms with van der Waals surface area (Å²) in [6.07, 6.45) is 4.43. The molecule has 2 aromatic carbocycles. The number of rotatable bonds is 4. The van der Waals surface area contributed by atoms with E-state index in [1.165, 1.54) is 24.3 Å². The quantitative estimate of drug-likeness (QED) is 0.756. The summed E-state index contributed by atoms with van der Waals surface area (Å²) in [7, 11) is 0. The van der Waals surface area contributed by atoms with Gasteiger partial charge in [-0.15, -0.1) is 0 Å². The van der Waals surface area contributed by atoms with E-state index >= 15 is 0 Å². The molecule has 1 amide bonds. The highest BCUT2D eigenvalue weighted by Gasteiger charge is 2.16. The molecule has 0 aromatic heterocycles. The average Bonchev–Trinajstić information content (AvgIpc) is 2.72. The van der Waals surface area contributed by atoms with Gasteiger partial charge in [-0.05, 0) is 61.2 Å². The predicted molar refractivity (Wildman–Crippen MR) is 107 cm³/mol. The van der Waals surface area contributed by atoms with Gasteiger partial charge >= 0.3 is 0 Å². The summed E-state index contributed by atoms with van der Waals surface area (Å²) in [5, 5.41) is 0. The fourth-order valence-corrected chi connectivity index (χ4v) is 3.65. The lowest BCUT2D eigenvalue weighted by Crippen LogP contribution is -2.33. The molecule has 0 bridgehead atoms. The summed E-state index contributed by atoms with van der Waals surface area (Å²) >= 11 is 0. The van der Waals surface area contributed by atoms with Crippen molar-refractivity contribution in [3.05, 3.63) is 71.3 Å². The summed E-state index contributed by atoms with van der Waals surface area (Å²) in [5.74, 6) is -0.295. The Kier molecular flexibility index (Phi) is 7.54. The molecular weight excluding hydrogens is 358 g/mol. The van der Waals surface area contributed by atoms with Gasteiger partial charge in [0.2, 0.25) is 5.91 Å². The zero-order chi connectivity index (χ0) is 19.8. The van der Waals surface area contributed by atoms with Crippen LogP contribution in [0.1, 0.15) is 43.2 Å². The molecule has 0 aliphatic carbocycles. The van der Waals surface area contributed by atoms with Crippen molar-refractivity contribution in [3.63, 3.8) is 0 Å². The summed E-state index contributed by atoms with van der Waals surface area (Å²) in [6, 6.07) is 13.1. The number of benzene rings is 2. The van der Waals surface area contributed by atoms with Gasteiger partial charge in [-0.2, -0.15) is 0 Å². The lowest BCUT2D eigenvalue weighted by molar-refractivity contribution is -0.132. The molecule has 1 aliphatic rings. The molecule has 0 atom stereocenters. The minimum Gasteiger partial charge on any atom is -0.338 e. The molecule has 0 spiro atoms. The number of carbonyl (C=O) groups is 1. The van der Waals surface area contributed by atoms with Crippen molar-refractivity contribution in [1.82, 2.24) is 9.80 Å². The molecule has 28 heavy (non-hydrogen) atoms. The topological polar surface area (TPSA) is 23.6 Å². The van der Waals surface area contributed by atoms with Crippen molar-refractivity contribution in [2.75, 3.05) is 19.6 Å². The van der Waals surface area contributed by atoms with E-state index in [9.17, 15) is 13.6 Å². The number of nitrogens with zero attached hydrogens (tertiary/aromatic N) is 2. The third kappa shape index (κ3) is 6.41. The maximum Gasteiger partial charge on any atom is 0.222 e. The molecule has 0 N–H and O–H groups in total. The Labute approximate surface area is 166 Å². The fraction of sp³-hybridized carbons (Fsp3) is 0.435. The van der Waals surface area contributed by atoms with Crippen LogP contribution in [0.5, 0.6) is 0 Å². The first-order valence-corrected chi connectivity index (χ1v) is 10.1. The second-order valence-corrected chi connectivity index (χ2v) is 7.51. The van der Waals surface area contributed by atoms with Gasteiger partial charge in [0.05, 0.1) is 0 Å². The highest BCUT2D eigenvalue weighted by molar-refractivity contribution is 5.76. The van der Waals surface area contributed by atoms with E-state index in [1.807, 2.05) is 17.0 Å². The largest absolute Gasteiger partial charge is 0.338 e. The lowest BCUT2D eigenvalue weighted by atomic mass is 10.1. The Hall–Kier alpha value is -2.27. The second-order valence-electron chi connectivity index (χ2n) is 7.51. The SMILES string of the molecule is O=C1CCCCCN(Cc2ccc(F)cc2)CCCN1Cc1ccc(F)cc1.